The predicted octanol–water partition coefficient (Wildman–Crippen LogP) is 3.30. The monoisotopic (exact) mass is 258 g/mol. The van der Waals surface area contributed by atoms with Gasteiger partial charge in [0.1, 0.15) is 0 Å². The van der Waals surface area contributed by atoms with Crippen LogP contribution in [0.5, 0.6) is 0 Å². The zero-order valence-electron chi connectivity index (χ0n) is 12.1. The third-order valence-corrected chi connectivity index (χ3v) is 3.43. The topological polar surface area (TPSA) is 48.1 Å². The number of rotatable bonds is 3. The number of aromatic nitrogens is 1. The fourth-order valence-corrected chi connectivity index (χ4v) is 2.48. The van der Waals surface area contributed by atoms with Gasteiger partial charge in [0.25, 0.3) is 0 Å². The van der Waals surface area contributed by atoms with Crippen LogP contribution in [0.1, 0.15) is 32.4 Å². The van der Waals surface area contributed by atoms with E-state index in [0.717, 1.165) is 16.5 Å². The molecule has 0 aliphatic rings. The molecule has 0 saturated carbocycles. The second-order valence-electron chi connectivity index (χ2n) is 6.01. The molecule has 2 rings (SSSR count). The van der Waals surface area contributed by atoms with E-state index in [2.05, 4.69) is 37.9 Å². The number of nitrogens with zero attached hydrogens (tertiary/aromatic N) is 1. The number of para-hydroxylation sites is 1. The van der Waals surface area contributed by atoms with E-state index < -0.39 is 0 Å². The summed E-state index contributed by atoms with van der Waals surface area (Å²) in [7, 11) is 1.71. The molecule has 0 spiro atoms. The minimum absolute atomic E-state index is 0.0141. The van der Waals surface area contributed by atoms with Crippen LogP contribution in [-0.4, -0.2) is 18.2 Å². The molecule has 0 aliphatic heterocycles. The van der Waals surface area contributed by atoms with Crippen molar-refractivity contribution in [3.8, 4) is 0 Å². The molecule has 3 nitrogen and oxygen atoms in total. The molecule has 0 bridgehead atoms. The summed E-state index contributed by atoms with van der Waals surface area (Å²) in [4.78, 5) is 4.47. The van der Waals surface area contributed by atoms with Crippen molar-refractivity contribution in [3.05, 3.63) is 42.1 Å². The Labute approximate surface area is 114 Å². The van der Waals surface area contributed by atoms with Crippen LogP contribution in [0.15, 0.2) is 36.5 Å². The molecule has 2 aromatic rings. The third-order valence-electron chi connectivity index (χ3n) is 3.43. The Balaban J connectivity index is 2.38. The van der Waals surface area contributed by atoms with Crippen LogP contribution >= 0.6 is 0 Å². The van der Waals surface area contributed by atoms with Crippen LogP contribution in [-0.2, 0) is 4.74 Å². The van der Waals surface area contributed by atoms with Crippen LogP contribution < -0.4 is 5.73 Å². The number of nitrogens with two attached hydrogens (primary N) is 1. The number of hydrogen-bond acceptors (Lipinski definition) is 3. The molecule has 19 heavy (non-hydrogen) atoms. The number of methoxy groups -OCH3 is 1. The van der Waals surface area contributed by atoms with E-state index in [0.29, 0.717) is 0 Å². The molecule has 0 saturated heterocycles. The maximum Gasteiger partial charge on any atom is 0.0812 e. The lowest BCUT2D eigenvalue weighted by Gasteiger charge is -2.34. The lowest BCUT2D eigenvalue weighted by molar-refractivity contribution is -0.00247. The summed E-state index contributed by atoms with van der Waals surface area (Å²) in [5.74, 6) is 0. The Morgan fingerprint density at radius 3 is 2.53 bits per heavy atom. The van der Waals surface area contributed by atoms with Gasteiger partial charge in [-0.05, 0) is 23.1 Å². The van der Waals surface area contributed by atoms with Crippen molar-refractivity contribution in [3.63, 3.8) is 0 Å². The van der Waals surface area contributed by atoms with Gasteiger partial charge in [0.2, 0.25) is 0 Å². The van der Waals surface area contributed by atoms with Gasteiger partial charge in [-0.15, -0.1) is 0 Å². The average Bonchev–Trinajstić information content (AvgIpc) is 2.37. The van der Waals surface area contributed by atoms with Gasteiger partial charge < -0.3 is 10.5 Å². The van der Waals surface area contributed by atoms with Gasteiger partial charge in [0.05, 0.1) is 17.7 Å². The van der Waals surface area contributed by atoms with Crippen molar-refractivity contribution in [2.45, 2.75) is 32.9 Å². The molecule has 0 amide bonds. The van der Waals surface area contributed by atoms with Crippen molar-refractivity contribution in [2.24, 2.45) is 11.1 Å². The smallest absolute Gasteiger partial charge is 0.0812 e. The Kier molecular flexibility index (Phi) is 3.88. The van der Waals surface area contributed by atoms with Gasteiger partial charge in [-0.2, -0.15) is 0 Å². The van der Waals surface area contributed by atoms with Gasteiger partial charge in [-0.25, -0.2) is 0 Å². The van der Waals surface area contributed by atoms with E-state index in [4.69, 9.17) is 10.5 Å². The summed E-state index contributed by atoms with van der Waals surface area (Å²) in [6.07, 6.45) is 1.81. The summed E-state index contributed by atoms with van der Waals surface area (Å²) < 4.78 is 5.59. The Morgan fingerprint density at radius 1 is 1.21 bits per heavy atom. The Bertz CT molecular complexity index is 560. The molecule has 0 aliphatic carbocycles. The first-order chi connectivity index (χ1) is 8.93. The Hall–Kier alpha value is -1.45. The van der Waals surface area contributed by atoms with E-state index in [1.54, 1.807) is 7.11 Å². The molecule has 2 atom stereocenters. The summed E-state index contributed by atoms with van der Waals surface area (Å²) >= 11 is 0. The van der Waals surface area contributed by atoms with E-state index in [-0.39, 0.29) is 17.6 Å². The van der Waals surface area contributed by atoms with Crippen LogP contribution in [0.4, 0.5) is 0 Å². The number of benzene rings is 1. The van der Waals surface area contributed by atoms with Crippen molar-refractivity contribution in [1.82, 2.24) is 4.98 Å². The standard InChI is InChI=1S/C16H22N2O/c1-16(2,3)15(19-4)14(17)12-9-11-7-5-6-8-13(11)18-10-12/h5-10,14-15H,17H2,1-4H3. The molecular weight excluding hydrogens is 236 g/mol. The molecule has 1 aromatic heterocycles. The van der Waals surface area contributed by atoms with E-state index in [9.17, 15) is 0 Å². The second-order valence-corrected chi connectivity index (χ2v) is 6.01. The number of fused-ring (bicyclic) bond motifs is 1. The molecule has 2 N–H and O–H groups in total. The number of hydrogen-bond donors (Lipinski definition) is 1. The largest absolute Gasteiger partial charge is 0.379 e. The summed E-state index contributed by atoms with van der Waals surface area (Å²) in [6.45, 7) is 6.40. The molecule has 0 fully saturated rings. The van der Waals surface area contributed by atoms with Crippen LogP contribution in [0.25, 0.3) is 10.9 Å². The first kappa shape index (κ1) is 14.0. The van der Waals surface area contributed by atoms with Crippen molar-refractivity contribution in [2.75, 3.05) is 7.11 Å². The van der Waals surface area contributed by atoms with Crippen molar-refractivity contribution >= 4 is 10.9 Å². The SMILES string of the molecule is COC(C(N)c1cnc2ccccc2c1)C(C)(C)C. The zero-order chi connectivity index (χ0) is 14.0. The minimum atomic E-state index is -0.179. The molecule has 1 heterocycles. The predicted molar refractivity (Wildman–Crippen MR) is 78.9 cm³/mol. The zero-order valence-corrected chi connectivity index (χ0v) is 12.1. The highest BCUT2D eigenvalue weighted by Gasteiger charge is 2.31. The van der Waals surface area contributed by atoms with Crippen molar-refractivity contribution in [1.29, 1.82) is 0 Å². The molecule has 3 heteroatoms. The number of ether oxygens (including phenoxy) is 1. The maximum atomic E-state index is 6.36. The minimum Gasteiger partial charge on any atom is -0.379 e. The van der Waals surface area contributed by atoms with E-state index >= 15 is 0 Å². The highest BCUT2D eigenvalue weighted by molar-refractivity contribution is 5.78. The summed E-state index contributed by atoms with van der Waals surface area (Å²) in [5, 5.41) is 1.11. The maximum absolute atomic E-state index is 6.36. The average molecular weight is 258 g/mol. The fourth-order valence-electron chi connectivity index (χ4n) is 2.48. The van der Waals surface area contributed by atoms with Gasteiger partial charge >= 0.3 is 0 Å². The van der Waals surface area contributed by atoms with Crippen molar-refractivity contribution < 1.29 is 4.74 Å². The van der Waals surface area contributed by atoms with E-state index in [1.165, 1.54) is 0 Å². The summed E-state index contributed by atoms with van der Waals surface area (Å²) in [5.41, 5.74) is 8.35. The van der Waals surface area contributed by atoms with E-state index in [1.807, 2.05) is 24.4 Å². The fraction of sp³-hybridized carbons (Fsp3) is 0.438. The molecule has 102 valence electrons. The van der Waals surface area contributed by atoms with Gasteiger partial charge in [0.15, 0.2) is 0 Å². The first-order valence-electron chi connectivity index (χ1n) is 6.56. The van der Waals surface area contributed by atoms with Crippen LogP contribution in [0, 0.1) is 5.41 Å². The normalized spacial score (nSPS) is 15.4. The number of pyridine rings is 1. The Morgan fingerprint density at radius 2 is 1.89 bits per heavy atom. The third kappa shape index (κ3) is 2.94. The van der Waals surface area contributed by atoms with Crippen LogP contribution in [0.3, 0.4) is 0 Å². The van der Waals surface area contributed by atoms with Gasteiger partial charge in [0, 0.05) is 18.7 Å². The van der Waals surface area contributed by atoms with Gasteiger partial charge in [-0.1, -0.05) is 39.0 Å². The summed E-state index contributed by atoms with van der Waals surface area (Å²) in [6, 6.07) is 9.98. The molecule has 0 radical (unpaired) electrons. The highest BCUT2D eigenvalue weighted by atomic mass is 16.5. The lowest BCUT2D eigenvalue weighted by atomic mass is 9.82. The van der Waals surface area contributed by atoms with Gasteiger partial charge in [-0.3, -0.25) is 4.98 Å². The molecular formula is C16H22N2O. The lowest BCUT2D eigenvalue weighted by Crippen LogP contribution is -2.38. The molecule has 1 aromatic carbocycles. The van der Waals surface area contributed by atoms with Crippen LogP contribution in [0.2, 0.25) is 0 Å². The quantitative estimate of drug-likeness (QED) is 0.919. The first-order valence-corrected chi connectivity index (χ1v) is 6.56. The highest BCUT2D eigenvalue weighted by Crippen LogP contribution is 2.31. The second kappa shape index (κ2) is 5.27. The molecule has 2 unspecified atom stereocenters.